The van der Waals surface area contributed by atoms with E-state index < -0.39 is 24.0 Å². The molecule has 0 heterocycles. The van der Waals surface area contributed by atoms with Crippen LogP contribution in [0.5, 0.6) is 0 Å². The lowest BCUT2D eigenvalue weighted by molar-refractivity contribution is -0.148. The highest BCUT2D eigenvalue weighted by atomic mass is 16.4. The fraction of sp³-hybridized carbons (Fsp3) is 0.375. The van der Waals surface area contributed by atoms with Gasteiger partial charge < -0.3 is 15.3 Å². The van der Waals surface area contributed by atoms with Gasteiger partial charge in [-0.15, -0.1) is 0 Å². The molecule has 0 aromatic heterocycles. The first kappa shape index (κ1) is 23.1. The van der Waals surface area contributed by atoms with E-state index in [4.69, 9.17) is 0 Å². The molecule has 30 heavy (non-hydrogen) atoms. The molecule has 6 heteroatoms. The number of aliphatic carboxylic acids is 1. The van der Waals surface area contributed by atoms with Gasteiger partial charge in [-0.3, -0.25) is 9.59 Å². The Morgan fingerprint density at radius 1 is 1.00 bits per heavy atom. The average molecular weight is 411 g/mol. The zero-order chi connectivity index (χ0) is 22.5. The Balaban J connectivity index is 2.24. The minimum Gasteiger partial charge on any atom is -0.480 e. The van der Waals surface area contributed by atoms with Crippen molar-refractivity contribution in [2.24, 2.45) is 0 Å². The van der Waals surface area contributed by atoms with Crippen LogP contribution in [0, 0.1) is 0 Å². The molecule has 0 aliphatic rings. The summed E-state index contributed by atoms with van der Waals surface area (Å²) in [4.78, 5) is 38.3. The average Bonchev–Trinajstić information content (AvgIpc) is 2.71. The fourth-order valence-electron chi connectivity index (χ4n) is 3.02. The number of carboxylic acid groups (broad SMARTS) is 1. The van der Waals surface area contributed by atoms with E-state index in [-0.39, 0.29) is 17.7 Å². The third-order valence-corrected chi connectivity index (χ3v) is 5.19. The molecule has 160 valence electrons. The van der Waals surface area contributed by atoms with Gasteiger partial charge in [0.1, 0.15) is 12.1 Å². The fourth-order valence-corrected chi connectivity index (χ4v) is 3.02. The first-order chi connectivity index (χ1) is 14.0. The van der Waals surface area contributed by atoms with Crippen LogP contribution in [0.4, 0.5) is 0 Å². The summed E-state index contributed by atoms with van der Waals surface area (Å²) in [5.74, 6) is -1.93. The Bertz CT molecular complexity index is 886. The van der Waals surface area contributed by atoms with Crippen LogP contribution in [0.25, 0.3) is 0 Å². The van der Waals surface area contributed by atoms with Gasteiger partial charge in [0.05, 0.1) is 0 Å². The SMILES string of the molecule is C[C@@H](C(=O)O)N(C)C(=O)[C@H](Cc1ccccc1)NC(=O)c1ccc(C(C)(C)C)cc1. The molecule has 2 atom stereocenters. The lowest BCUT2D eigenvalue weighted by Gasteiger charge is -2.27. The van der Waals surface area contributed by atoms with E-state index in [2.05, 4.69) is 26.1 Å². The standard InChI is InChI=1S/C24H30N2O4/c1-16(23(29)30)26(5)22(28)20(15-17-9-7-6-8-10-17)25-21(27)18-11-13-19(14-12-18)24(2,3)4/h6-14,16,20H,15H2,1-5H3,(H,25,27)(H,29,30)/t16-,20-/m0/s1. The van der Waals surface area contributed by atoms with Crippen molar-refractivity contribution in [3.05, 3.63) is 71.3 Å². The van der Waals surface area contributed by atoms with Crippen molar-refractivity contribution in [3.63, 3.8) is 0 Å². The van der Waals surface area contributed by atoms with Crippen LogP contribution < -0.4 is 5.32 Å². The predicted molar refractivity (Wildman–Crippen MR) is 116 cm³/mol. The summed E-state index contributed by atoms with van der Waals surface area (Å²) in [5, 5.41) is 12.0. The summed E-state index contributed by atoms with van der Waals surface area (Å²) in [6.45, 7) is 7.72. The van der Waals surface area contributed by atoms with Gasteiger partial charge in [0.25, 0.3) is 5.91 Å². The maximum Gasteiger partial charge on any atom is 0.326 e. The molecule has 0 saturated carbocycles. The molecule has 2 N–H and O–H groups in total. The molecule has 0 aliphatic carbocycles. The second-order valence-corrected chi connectivity index (χ2v) is 8.51. The summed E-state index contributed by atoms with van der Waals surface area (Å²) < 4.78 is 0. The van der Waals surface area contributed by atoms with Crippen molar-refractivity contribution in [1.29, 1.82) is 0 Å². The van der Waals surface area contributed by atoms with E-state index in [1.807, 2.05) is 42.5 Å². The first-order valence-corrected chi connectivity index (χ1v) is 9.95. The van der Waals surface area contributed by atoms with Gasteiger partial charge >= 0.3 is 5.97 Å². The van der Waals surface area contributed by atoms with Crippen molar-refractivity contribution in [2.45, 2.75) is 51.6 Å². The summed E-state index contributed by atoms with van der Waals surface area (Å²) in [6.07, 6.45) is 0.266. The van der Waals surface area contributed by atoms with Gasteiger partial charge in [-0.2, -0.15) is 0 Å². The molecule has 0 unspecified atom stereocenters. The summed E-state index contributed by atoms with van der Waals surface area (Å²) in [7, 11) is 1.43. The van der Waals surface area contributed by atoms with Gasteiger partial charge in [0.2, 0.25) is 5.91 Å². The van der Waals surface area contributed by atoms with E-state index in [1.54, 1.807) is 12.1 Å². The number of likely N-dealkylation sites (N-methyl/N-ethyl adjacent to an activating group) is 1. The van der Waals surface area contributed by atoms with Crippen LogP contribution >= 0.6 is 0 Å². The molecule has 2 rings (SSSR count). The molecule has 0 fully saturated rings. The third-order valence-electron chi connectivity index (χ3n) is 5.19. The minimum atomic E-state index is -1.10. The van der Waals surface area contributed by atoms with E-state index in [9.17, 15) is 19.5 Å². The van der Waals surface area contributed by atoms with Crippen LogP contribution in [-0.4, -0.2) is 46.9 Å². The van der Waals surface area contributed by atoms with Gasteiger partial charge in [0, 0.05) is 19.0 Å². The van der Waals surface area contributed by atoms with Gasteiger partial charge in [0.15, 0.2) is 0 Å². The molecule has 2 amide bonds. The molecular formula is C24H30N2O4. The molecule has 0 aliphatic heterocycles. The highest BCUT2D eigenvalue weighted by Gasteiger charge is 2.30. The number of carbonyl (C=O) groups excluding carboxylic acids is 2. The maximum absolute atomic E-state index is 13.0. The van der Waals surface area contributed by atoms with Crippen molar-refractivity contribution in [2.75, 3.05) is 7.05 Å². The Hall–Kier alpha value is -3.15. The summed E-state index contributed by atoms with van der Waals surface area (Å²) in [6, 6.07) is 14.7. The third kappa shape index (κ3) is 5.92. The molecule has 2 aromatic carbocycles. The predicted octanol–water partition coefficient (Wildman–Crippen LogP) is 3.26. The van der Waals surface area contributed by atoms with Crippen LogP contribution in [0.1, 0.15) is 49.2 Å². The van der Waals surface area contributed by atoms with Crippen molar-refractivity contribution < 1.29 is 19.5 Å². The molecule has 0 bridgehead atoms. The van der Waals surface area contributed by atoms with E-state index in [1.165, 1.54) is 14.0 Å². The topological polar surface area (TPSA) is 86.7 Å². The second kappa shape index (κ2) is 9.57. The first-order valence-electron chi connectivity index (χ1n) is 9.95. The lowest BCUT2D eigenvalue weighted by atomic mass is 9.86. The van der Waals surface area contributed by atoms with Gasteiger partial charge in [-0.1, -0.05) is 63.2 Å². The van der Waals surface area contributed by atoms with Crippen LogP contribution in [0.2, 0.25) is 0 Å². The molecule has 0 radical (unpaired) electrons. The highest BCUT2D eigenvalue weighted by molar-refractivity contribution is 5.98. The quantitative estimate of drug-likeness (QED) is 0.734. The number of carboxylic acids is 1. The Kier molecular flexibility index (Phi) is 7.38. The van der Waals surface area contributed by atoms with Crippen molar-refractivity contribution in [3.8, 4) is 0 Å². The smallest absolute Gasteiger partial charge is 0.326 e. The Labute approximate surface area is 177 Å². The molecule has 6 nitrogen and oxygen atoms in total. The Morgan fingerprint density at radius 2 is 1.57 bits per heavy atom. The maximum atomic E-state index is 13.0. The number of hydrogen-bond acceptors (Lipinski definition) is 3. The van der Waals surface area contributed by atoms with Crippen molar-refractivity contribution >= 4 is 17.8 Å². The van der Waals surface area contributed by atoms with Gasteiger partial charge in [-0.05, 0) is 35.6 Å². The van der Waals surface area contributed by atoms with Crippen molar-refractivity contribution in [1.82, 2.24) is 10.2 Å². The van der Waals surface area contributed by atoms with E-state index in [0.29, 0.717) is 5.56 Å². The normalized spacial score (nSPS) is 13.2. The number of nitrogens with zero attached hydrogens (tertiary/aromatic N) is 1. The second-order valence-electron chi connectivity index (χ2n) is 8.51. The molecular weight excluding hydrogens is 380 g/mol. The van der Waals surface area contributed by atoms with Gasteiger partial charge in [-0.25, -0.2) is 4.79 Å². The number of benzene rings is 2. The largest absolute Gasteiger partial charge is 0.480 e. The number of amides is 2. The number of hydrogen-bond donors (Lipinski definition) is 2. The van der Waals surface area contributed by atoms with E-state index in [0.717, 1.165) is 16.0 Å². The molecule has 2 aromatic rings. The van der Waals surface area contributed by atoms with Crippen LogP contribution in [-0.2, 0) is 21.4 Å². The Morgan fingerprint density at radius 3 is 2.07 bits per heavy atom. The molecule has 0 saturated heterocycles. The van der Waals surface area contributed by atoms with E-state index >= 15 is 0 Å². The summed E-state index contributed by atoms with van der Waals surface area (Å²) in [5.41, 5.74) is 2.39. The highest BCUT2D eigenvalue weighted by Crippen LogP contribution is 2.22. The number of rotatable bonds is 7. The number of carbonyl (C=O) groups is 3. The zero-order valence-corrected chi connectivity index (χ0v) is 18.2. The zero-order valence-electron chi connectivity index (χ0n) is 18.2. The van der Waals surface area contributed by atoms with Crippen LogP contribution in [0.3, 0.4) is 0 Å². The van der Waals surface area contributed by atoms with Crippen LogP contribution in [0.15, 0.2) is 54.6 Å². The lowest BCUT2D eigenvalue weighted by Crippen LogP contribution is -2.52. The monoisotopic (exact) mass is 410 g/mol. The number of nitrogens with one attached hydrogen (secondary N) is 1. The molecule has 0 spiro atoms. The summed E-state index contributed by atoms with van der Waals surface area (Å²) >= 11 is 0. The minimum absolute atomic E-state index is 0.0313.